The van der Waals surface area contributed by atoms with Gasteiger partial charge in [-0.1, -0.05) is 11.6 Å². The van der Waals surface area contributed by atoms with Crippen LogP contribution in [0, 0.1) is 6.92 Å². The fourth-order valence-corrected chi connectivity index (χ4v) is 2.55. The Balaban J connectivity index is 2.48. The average molecular weight is 276 g/mol. The molecular weight excluding hydrogens is 263 g/mol. The van der Waals surface area contributed by atoms with Gasteiger partial charge >= 0.3 is 0 Å². The van der Waals surface area contributed by atoms with Gasteiger partial charge in [0.05, 0.1) is 10.6 Å². The minimum absolute atomic E-state index is 0.617. The van der Waals surface area contributed by atoms with Crippen molar-refractivity contribution >= 4 is 27.5 Å². The first-order valence-electron chi connectivity index (χ1n) is 4.71. The van der Waals surface area contributed by atoms with Gasteiger partial charge in [-0.25, -0.2) is 0 Å². The monoisotopic (exact) mass is 274 g/mol. The first kappa shape index (κ1) is 10.5. The number of rotatable bonds is 1. The maximum Gasteiger partial charge on any atom is 0.0899 e. The van der Waals surface area contributed by atoms with Crippen LogP contribution in [-0.4, -0.2) is 5.11 Å². The molecule has 0 bridgehead atoms. The molecule has 2 rings (SSSR count). The molecule has 0 saturated heterocycles. The second-order valence-corrected chi connectivity index (χ2v) is 5.23. The Morgan fingerprint density at radius 1 is 1.43 bits per heavy atom. The van der Waals surface area contributed by atoms with Crippen molar-refractivity contribution in [3.63, 3.8) is 0 Å². The molecule has 1 fully saturated rings. The number of aryl methyl sites for hydroxylation is 1. The molecule has 0 spiro atoms. The van der Waals surface area contributed by atoms with Crippen LogP contribution in [0.3, 0.4) is 0 Å². The molecule has 0 amide bonds. The van der Waals surface area contributed by atoms with Crippen LogP contribution in [-0.2, 0) is 5.60 Å². The van der Waals surface area contributed by atoms with Crippen molar-refractivity contribution in [3.8, 4) is 0 Å². The predicted molar refractivity (Wildman–Crippen MR) is 61.6 cm³/mol. The summed E-state index contributed by atoms with van der Waals surface area (Å²) in [4.78, 5) is 0. The van der Waals surface area contributed by atoms with E-state index in [-0.39, 0.29) is 0 Å². The minimum atomic E-state index is -0.617. The predicted octanol–water partition coefficient (Wildman–Crippen LogP) is 3.78. The van der Waals surface area contributed by atoms with Crippen LogP contribution in [0.25, 0.3) is 0 Å². The zero-order valence-electron chi connectivity index (χ0n) is 7.98. The molecule has 1 saturated carbocycles. The van der Waals surface area contributed by atoms with Crippen molar-refractivity contribution in [1.82, 2.24) is 0 Å². The van der Waals surface area contributed by atoms with E-state index in [9.17, 15) is 5.11 Å². The topological polar surface area (TPSA) is 20.2 Å². The summed E-state index contributed by atoms with van der Waals surface area (Å²) < 4.78 is 0.892. The van der Waals surface area contributed by atoms with Crippen molar-refractivity contribution < 1.29 is 5.11 Å². The zero-order valence-corrected chi connectivity index (χ0v) is 10.3. The lowest BCUT2D eigenvalue weighted by Gasteiger charge is -2.38. The lowest BCUT2D eigenvalue weighted by Crippen LogP contribution is -2.34. The van der Waals surface area contributed by atoms with Gasteiger partial charge in [0, 0.05) is 4.47 Å². The zero-order chi connectivity index (χ0) is 10.3. The molecule has 76 valence electrons. The van der Waals surface area contributed by atoms with Gasteiger partial charge in [0.25, 0.3) is 0 Å². The van der Waals surface area contributed by atoms with Gasteiger partial charge in [-0.05, 0) is 65.4 Å². The molecule has 1 aromatic carbocycles. The SMILES string of the molecule is Cc1cc(Br)c(Cl)cc1C1(O)CCC1. The minimum Gasteiger partial charge on any atom is -0.385 e. The Morgan fingerprint density at radius 3 is 2.57 bits per heavy atom. The standard InChI is InChI=1S/C11H12BrClO/c1-7-5-9(12)10(13)6-8(7)11(14)3-2-4-11/h5-6,14H,2-4H2,1H3. The summed E-state index contributed by atoms with van der Waals surface area (Å²) in [7, 11) is 0. The number of hydrogen-bond donors (Lipinski definition) is 1. The van der Waals surface area contributed by atoms with Crippen LogP contribution in [0.2, 0.25) is 5.02 Å². The van der Waals surface area contributed by atoms with E-state index in [0.29, 0.717) is 5.02 Å². The van der Waals surface area contributed by atoms with Gasteiger partial charge < -0.3 is 5.11 Å². The molecule has 0 aliphatic heterocycles. The second kappa shape index (κ2) is 3.51. The third kappa shape index (κ3) is 1.60. The first-order valence-corrected chi connectivity index (χ1v) is 5.88. The Bertz CT molecular complexity index is 372. The largest absolute Gasteiger partial charge is 0.385 e. The van der Waals surface area contributed by atoms with E-state index in [4.69, 9.17) is 11.6 Å². The lowest BCUT2D eigenvalue weighted by atomic mass is 9.74. The van der Waals surface area contributed by atoms with Crippen molar-refractivity contribution in [2.75, 3.05) is 0 Å². The van der Waals surface area contributed by atoms with E-state index in [0.717, 1.165) is 34.9 Å². The molecule has 0 aromatic heterocycles. The number of aliphatic hydroxyl groups is 1. The summed E-state index contributed by atoms with van der Waals surface area (Å²) in [6, 6.07) is 3.84. The van der Waals surface area contributed by atoms with Gasteiger partial charge in [0.2, 0.25) is 0 Å². The molecule has 0 atom stereocenters. The van der Waals surface area contributed by atoms with E-state index < -0.39 is 5.60 Å². The molecular formula is C11H12BrClO. The van der Waals surface area contributed by atoms with E-state index >= 15 is 0 Å². The summed E-state index contributed by atoms with van der Waals surface area (Å²) in [5.74, 6) is 0. The quantitative estimate of drug-likeness (QED) is 0.827. The maximum atomic E-state index is 10.2. The molecule has 1 nitrogen and oxygen atoms in total. The van der Waals surface area contributed by atoms with Crippen LogP contribution in [0.4, 0.5) is 0 Å². The molecule has 3 heteroatoms. The summed E-state index contributed by atoms with van der Waals surface area (Å²) >= 11 is 9.39. The summed E-state index contributed by atoms with van der Waals surface area (Å²) in [6.45, 7) is 2.01. The molecule has 14 heavy (non-hydrogen) atoms. The van der Waals surface area contributed by atoms with Gasteiger partial charge in [0.15, 0.2) is 0 Å². The van der Waals surface area contributed by atoms with Gasteiger partial charge in [0.1, 0.15) is 0 Å². The summed E-state index contributed by atoms with van der Waals surface area (Å²) in [5, 5.41) is 10.9. The van der Waals surface area contributed by atoms with E-state index in [1.807, 2.05) is 19.1 Å². The highest BCUT2D eigenvalue weighted by molar-refractivity contribution is 9.10. The molecule has 1 aliphatic carbocycles. The van der Waals surface area contributed by atoms with Crippen LogP contribution in [0.5, 0.6) is 0 Å². The Labute approximate surface area is 97.2 Å². The lowest BCUT2D eigenvalue weighted by molar-refractivity contribution is -0.0393. The van der Waals surface area contributed by atoms with E-state index in [1.165, 1.54) is 0 Å². The van der Waals surface area contributed by atoms with Crippen molar-refractivity contribution in [2.24, 2.45) is 0 Å². The molecule has 0 heterocycles. The number of hydrogen-bond acceptors (Lipinski definition) is 1. The molecule has 0 radical (unpaired) electrons. The van der Waals surface area contributed by atoms with Gasteiger partial charge in [-0.3, -0.25) is 0 Å². The highest BCUT2D eigenvalue weighted by atomic mass is 79.9. The third-order valence-electron chi connectivity index (χ3n) is 2.95. The van der Waals surface area contributed by atoms with Crippen molar-refractivity contribution in [3.05, 3.63) is 32.8 Å². The highest BCUT2D eigenvalue weighted by Gasteiger charge is 2.37. The smallest absolute Gasteiger partial charge is 0.0899 e. The first-order chi connectivity index (χ1) is 6.53. The van der Waals surface area contributed by atoms with Crippen molar-refractivity contribution in [2.45, 2.75) is 31.8 Å². The Kier molecular flexibility index (Phi) is 2.63. The molecule has 1 aliphatic rings. The van der Waals surface area contributed by atoms with Crippen LogP contribution >= 0.6 is 27.5 Å². The summed E-state index contributed by atoms with van der Waals surface area (Å²) in [5.41, 5.74) is 1.47. The number of benzene rings is 1. The molecule has 1 N–H and O–H groups in total. The average Bonchev–Trinajstić information content (AvgIpc) is 2.07. The molecule has 0 unspecified atom stereocenters. The fraction of sp³-hybridized carbons (Fsp3) is 0.455. The fourth-order valence-electron chi connectivity index (χ4n) is 1.93. The van der Waals surface area contributed by atoms with Crippen molar-refractivity contribution in [1.29, 1.82) is 0 Å². The Morgan fingerprint density at radius 2 is 2.07 bits per heavy atom. The van der Waals surface area contributed by atoms with Gasteiger partial charge in [-0.15, -0.1) is 0 Å². The highest BCUT2D eigenvalue weighted by Crippen LogP contribution is 2.44. The normalized spacial score (nSPS) is 19.1. The van der Waals surface area contributed by atoms with E-state index in [1.54, 1.807) is 0 Å². The van der Waals surface area contributed by atoms with Crippen LogP contribution in [0.15, 0.2) is 16.6 Å². The number of halogens is 2. The molecule has 1 aromatic rings. The van der Waals surface area contributed by atoms with Gasteiger partial charge in [-0.2, -0.15) is 0 Å². The summed E-state index contributed by atoms with van der Waals surface area (Å²) in [6.07, 6.45) is 2.81. The second-order valence-electron chi connectivity index (χ2n) is 3.97. The maximum absolute atomic E-state index is 10.2. The Hall–Kier alpha value is -0.0500. The van der Waals surface area contributed by atoms with Crippen LogP contribution < -0.4 is 0 Å². The van der Waals surface area contributed by atoms with E-state index in [2.05, 4.69) is 15.9 Å². The third-order valence-corrected chi connectivity index (χ3v) is 4.15. The van der Waals surface area contributed by atoms with Crippen LogP contribution in [0.1, 0.15) is 30.4 Å².